The summed E-state index contributed by atoms with van der Waals surface area (Å²) in [6.07, 6.45) is 5.87. The molecule has 0 saturated carbocycles. The fourth-order valence-electron chi connectivity index (χ4n) is 5.27. The summed E-state index contributed by atoms with van der Waals surface area (Å²) in [6.45, 7) is 0. The summed E-state index contributed by atoms with van der Waals surface area (Å²) in [5, 5.41) is 8.17. The van der Waals surface area contributed by atoms with Crippen LogP contribution in [0.1, 0.15) is 42.5 Å². The Balaban J connectivity index is 1.40. The molecule has 8 nitrogen and oxygen atoms in total. The normalized spacial score (nSPS) is 25.6. The number of imide groups is 1. The Labute approximate surface area is 197 Å². The second-order valence-electron chi connectivity index (χ2n) is 8.98. The maximum atomic E-state index is 13.1. The standard InChI is InChI=1S/C26H25N5O3/c1-34-18-13-11-17(12-14-18)22-15-21(16-7-3-2-4-8-16)27-25-28-26(29-31(22)25)30-23(32)19-9-5-6-10-20(19)24(30)33/h2-8,11-14,19-22H,9-10,15H2,1H3,(H,27,28,29)/t19-,20-,21-,22-/m0/s1. The molecule has 34 heavy (non-hydrogen) atoms. The number of hydrogen-bond donors (Lipinski definition) is 1. The first-order valence-electron chi connectivity index (χ1n) is 11.6. The number of allylic oxidation sites excluding steroid dienone is 2. The van der Waals surface area contributed by atoms with Crippen molar-refractivity contribution in [1.29, 1.82) is 0 Å². The Kier molecular flexibility index (Phi) is 4.94. The quantitative estimate of drug-likeness (QED) is 0.474. The number of methoxy groups -OCH3 is 1. The van der Waals surface area contributed by atoms with Crippen LogP contribution in [0.15, 0.2) is 66.7 Å². The van der Waals surface area contributed by atoms with Gasteiger partial charge < -0.3 is 10.1 Å². The number of amides is 2. The highest BCUT2D eigenvalue weighted by Gasteiger charge is 2.49. The molecule has 1 N–H and O–H groups in total. The average Bonchev–Trinajstić information content (AvgIpc) is 3.42. The van der Waals surface area contributed by atoms with Gasteiger partial charge in [-0.25, -0.2) is 9.58 Å². The van der Waals surface area contributed by atoms with Gasteiger partial charge in [0.15, 0.2) is 0 Å². The number of hydrogen-bond acceptors (Lipinski definition) is 6. The Morgan fingerprint density at radius 1 is 0.912 bits per heavy atom. The Morgan fingerprint density at radius 2 is 1.59 bits per heavy atom. The minimum atomic E-state index is -0.319. The van der Waals surface area contributed by atoms with E-state index in [0.717, 1.165) is 23.3 Å². The summed E-state index contributed by atoms with van der Waals surface area (Å²) in [6, 6.07) is 18.0. The van der Waals surface area contributed by atoms with Crippen LogP contribution in [0.5, 0.6) is 5.75 Å². The van der Waals surface area contributed by atoms with Crippen LogP contribution in [-0.4, -0.2) is 33.7 Å². The second kappa shape index (κ2) is 8.13. The third kappa shape index (κ3) is 3.29. The second-order valence-corrected chi connectivity index (χ2v) is 8.98. The number of nitrogens with one attached hydrogen (secondary N) is 1. The van der Waals surface area contributed by atoms with Crippen molar-refractivity contribution >= 4 is 23.7 Å². The van der Waals surface area contributed by atoms with Crippen LogP contribution in [0.3, 0.4) is 0 Å². The number of fused-ring (bicyclic) bond motifs is 2. The van der Waals surface area contributed by atoms with Gasteiger partial charge in [0.1, 0.15) is 5.75 Å². The lowest BCUT2D eigenvalue weighted by atomic mass is 9.85. The molecule has 2 amide bonds. The van der Waals surface area contributed by atoms with E-state index in [2.05, 4.69) is 22.4 Å². The summed E-state index contributed by atoms with van der Waals surface area (Å²) in [5.41, 5.74) is 2.19. The number of carbonyl (C=O) groups excluding carboxylic acids is 2. The highest BCUT2D eigenvalue weighted by Crippen LogP contribution is 2.41. The predicted molar refractivity (Wildman–Crippen MR) is 126 cm³/mol. The number of aromatic nitrogens is 3. The first kappa shape index (κ1) is 20.7. The van der Waals surface area contributed by atoms with Gasteiger partial charge >= 0.3 is 0 Å². The zero-order valence-electron chi connectivity index (χ0n) is 18.8. The molecule has 8 heteroatoms. The zero-order valence-corrected chi connectivity index (χ0v) is 18.8. The van der Waals surface area contributed by atoms with Gasteiger partial charge in [-0.3, -0.25) is 9.59 Å². The van der Waals surface area contributed by atoms with E-state index in [1.54, 1.807) is 11.8 Å². The number of ether oxygens (including phenoxy) is 1. The third-order valence-corrected chi connectivity index (χ3v) is 7.09. The van der Waals surface area contributed by atoms with E-state index in [1.165, 1.54) is 4.90 Å². The molecule has 3 aliphatic rings. The molecule has 172 valence electrons. The van der Waals surface area contributed by atoms with E-state index < -0.39 is 0 Å². The molecular formula is C26H25N5O3. The van der Waals surface area contributed by atoms with E-state index >= 15 is 0 Å². The molecule has 1 fully saturated rings. The van der Waals surface area contributed by atoms with Gasteiger partial charge in [0, 0.05) is 0 Å². The Hall–Kier alpha value is -3.94. The molecule has 3 aromatic rings. The van der Waals surface area contributed by atoms with Crippen LogP contribution in [-0.2, 0) is 9.59 Å². The SMILES string of the molecule is COc1ccc([C@@H]2C[C@@H](c3ccccc3)Nc3nc(N4C(=O)[C@H]5CC=CC[C@@H]5C4=O)nn32)cc1. The summed E-state index contributed by atoms with van der Waals surface area (Å²) >= 11 is 0. The van der Waals surface area contributed by atoms with Gasteiger partial charge in [-0.2, -0.15) is 4.98 Å². The fourth-order valence-corrected chi connectivity index (χ4v) is 5.27. The summed E-state index contributed by atoms with van der Waals surface area (Å²) in [7, 11) is 1.64. The zero-order chi connectivity index (χ0) is 23.2. The van der Waals surface area contributed by atoms with Crippen molar-refractivity contribution in [3.05, 3.63) is 77.9 Å². The first-order chi connectivity index (χ1) is 16.6. The van der Waals surface area contributed by atoms with E-state index in [9.17, 15) is 9.59 Å². The lowest BCUT2D eigenvalue weighted by Crippen LogP contribution is -2.32. The van der Waals surface area contributed by atoms with Gasteiger partial charge in [-0.05, 0) is 42.5 Å². The molecule has 0 bridgehead atoms. The highest BCUT2D eigenvalue weighted by molar-refractivity contribution is 6.21. The van der Waals surface area contributed by atoms with E-state index in [-0.39, 0.29) is 41.7 Å². The highest BCUT2D eigenvalue weighted by atomic mass is 16.5. The number of benzene rings is 2. The minimum Gasteiger partial charge on any atom is -0.497 e. The molecule has 0 radical (unpaired) electrons. The number of anilines is 2. The van der Waals surface area contributed by atoms with Crippen molar-refractivity contribution in [2.75, 3.05) is 17.3 Å². The van der Waals surface area contributed by atoms with Crippen molar-refractivity contribution < 1.29 is 14.3 Å². The summed E-state index contributed by atoms with van der Waals surface area (Å²) < 4.78 is 7.13. The van der Waals surface area contributed by atoms with Crippen LogP contribution in [0, 0.1) is 11.8 Å². The van der Waals surface area contributed by atoms with Crippen LogP contribution < -0.4 is 15.0 Å². The number of nitrogens with zero attached hydrogens (tertiary/aromatic N) is 4. The van der Waals surface area contributed by atoms with Crippen LogP contribution in [0.4, 0.5) is 11.9 Å². The predicted octanol–water partition coefficient (Wildman–Crippen LogP) is 3.89. The fraction of sp³-hybridized carbons (Fsp3) is 0.308. The Bertz CT molecular complexity index is 1240. The molecule has 1 aromatic heterocycles. The molecular weight excluding hydrogens is 430 g/mol. The maximum absolute atomic E-state index is 13.1. The van der Waals surface area contributed by atoms with Crippen molar-refractivity contribution in [3.8, 4) is 5.75 Å². The molecule has 2 aromatic carbocycles. The van der Waals surface area contributed by atoms with Gasteiger partial charge in [-0.15, -0.1) is 5.10 Å². The lowest BCUT2D eigenvalue weighted by molar-refractivity contribution is -0.122. The maximum Gasteiger partial charge on any atom is 0.260 e. The molecule has 0 unspecified atom stereocenters. The van der Waals surface area contributed by atoms with Gasteiger partial charge in [-0.1, -0.05) is 54.6 Å². The monoisotopic (exact) mass is 455 g/mol. The number of rotatable bonds is 4. The van der Waals surface area contributed by atoms with Crippen molar-refractivity contribution in [2.45, 2.75) is 31.3 Å². The molecule has 4 atom stereocenters. The molecule has 6 rings (SSSR count). The number of carbonyl (C=O) groups is 2. The minimum absolute atomic E-state index is 0.00890. The summed E-state index contributed by atoms with van der Waals surface area (Å²) in [5.74, 6) is 0.427. The van der Waals surface area contributed by atoms with Crippen LogP contribution in [0.25, 0.3) is 0 Å². The van der Waals surface area contributed by atoms with Crippen molar-refractivity contribution in [1.82, 2.24) is 14.8 Å². The summed E-state index contributed by atoms with van der Waals surface area (Å²) in [4.78, 5) is 32.1. The largest absolute Gasteiger partial charge is 0.497 e. The topological polar surface area (TPSA) is 89.3 Å². The third-order valence-electron chi connectivity index (χ3n) is 7.09. The lowest BCUT2D eigenvalue weighted by Gasteiger charge is -2.31. The molecule has 1 aliphatic carbocycles. The Morgan fingerprint density at radius 3 is 2.24 bits per heavy atom. The average molecular weight is 456 g/mol. The molecule has 1 saturated heterocycles. The van der Waals surface area contributed by atoms with Crippen molar-refractivity contribution in [2.24, 2.45) is 11.8 Å². The van der Waals surface area contributed by atoms with Crippen LogP contribution >= 0.6 is 0 Å². The van der Waals surface area contributed by atoms with Gasteiger partial charge in [0.05, 0.1) is 31.0 Å². The van der Waals surface area contributed by atoms with Crippen molar-refractivity contribution in [3.63, 3.8) is 0 Å². The van der Waals surface area contributed by atoms with Gasteiger partial charge in [0.25, 0.3) is 5.95 Å². The molecule has 3 heterocycles. The van der Waals surface area contributed by atoms with E-state index in [1.807, 2.05) is 54.6 Å². The molecule has 0 spiro atoms. The van der Waals surface area contributed by atoms with Crippen LogP contribution in [0.2, 0.25) is 0 Å². The smallest absolute Gasteiger partial charge is 0.260 e. The van der Waals surface area contributed by atoms with Gasteiger partial charge in [0.2, 0.25) is 17.8 Å². The van der Waals surface area contributed by atoms with E-state index in [4.69, 9.17) is 9.84 Å². The van der Waals surface area contributed by atoms with E-state index in [0.29, 0.717) is 18.8 Å². The molecule has 2 aliphatic heterocycles. The first-order valence-corrected chi connectivity index (χ1v) is 11.6.